The molecule has 1 rings (SSSR count). The van der Waals surface area contributed by atoms with Crippen molar-refractivity contribution < 1.29 is 9.13 Å². The smallest absolute Gasteiger partial charge is 0.165 e. The van der Waals surface area contributed by atoms with Gasteiger partial charge in [-0.2, -0.15) is 0 Å². The molecule has 0 aliphatic heterocycles. The first-order valence-electron chi connectivity index (χ1n) is 4.75. The van der Waals surface area contributed by atoms with E-state index in [1.165, 1.54) is 6.07 Å². The molecule has 0 aliphatic carbocycles. The Kier molecular flexibility index (Phi) is 6.29. The van der Waals surface area contributed by atoms with Crippen LogP contribution in [0.3, 0.4) is 0 Å². The summed E-state index contributed by atoms with van der Waals surface area (Å²) in [7, 11) is 0. The van der Waals surface area contributed by atoms with E-state index in [2.05, 4.69) is 0 Å². The van der Waals surface area contributed by atoms with Gasteiger partial charge < -0.3 is 10.5 Å². The summed E-state index contributed by atoms with van der Waals surface area (Å²) in [5.74, 6) is 0.331. The minimum atomic E-state index is -0.339. The van der Waals surface area contributed by atoms with Crippen molar-refractivity contribution in [2.45, 2.75) is 20.4 Å². The second kappa shape index (κ2) is 6.64. The third kappa shape index (κ3) is 4.06. The van der Waals surface area contributed by atoms with Gasteiger partial charge in [0.25, 0.3) is 0 Å². The largest absolute Gasteiger partial charge is 0.490 e. The maximum absolute atomic E-state index is 13.3. The summed E-state index contributed by atoms with van der Waals surface area (Å²) in [6.45, 7) is 4.84. The average molecular weight is 234 g/mol. The first-order valence-corrected chi connectivity index (χ1v) is 4.75. The van der Waals surface area contributed by atoms with Gasteiger partial charge in [0, 0.05) is 12.1 Å². The number of rotatable bonds is 4. The second-order valence-corrected chi connectivity index (χ2v) is 3.64. The molecule has 0 spiro atoms. The van der Waals surface area contributed by atoms with Crippen molar-refractivity contribution in [2.75, 3.05) is 6.61 Å². The molecule has 0 saturated carbocycles. The SMILES string of the molecule is CC(C)COc1c(F)cccc1CN.Cl. The van der Waals surface area contributed by atoms with E-state index in [4.69, 9.17) is 10.5 Å². The highest BCUT2D eigenvalue weighted by molar-refractivity contribution is 5.85. The molecule has 0 aliphatic rings. The van der Waals surface area contributed by atoms with E-state index in [0.717, 1.165) is 0 Å². The van der Waals surface area contributed by atoms with Gasteiger partial charge in [-0.3, -0.25) is 0 Å². The van der Waals surface area contributed by atoms with Gasteiger partial charge in [0.1, 0.15) is 0 Å². The molecule has 0 aromatic heterocycles. The zero-order valence-corrected chi connectivity index (χ0v) is 9.81. The Labute approximate surface area is 96.0 Å². The lowest BCUT2D eigenvalue weighted by atomic mass is 10.2. The van der Waals surface area contributed by atoms with E-state index >= 15 is 0 Å². The number of ether oxygens (including phenoxy) is 1. The average Bonchev–Trinajstić information content (AvgIpc) is 2.15. The molecule has 0 amide bonds. The molecule has 0 heterocycles. The molecule has 1 aromatic carbocycles. The summed E-state index contributed by atoms with van der Waals surface area (Å²) in [4.78, 5) is 0. The van der Waals surface area contributed by atoms with Crippen LogP contribution in [0.5, 0.6) is 5.75 Å². The predicted molar refractivity (Wildman–Crippen MR) is 61.9 cm³/mol. The zero-order chi connectivity index (χ0) is 10.6. The van der Waals surface area contributed by atoms with Crippen molar-refractivity contribution in [1.82, 2.24) is 0 Å². The lowest BCUT2D eigenvalue weighted by Crippen LogP contribution is -2.09. The summed E-state index contributed by atoms with van der Waals surface area (Å²) in [5, 5.41) is 0. The fourth-order valence-corrected chi connectivity index (χ4v) is 1.13. The molecular weight excluding hydrogens is 217 g/mol. The zero-order valence-electron chi connectivity index (χ0n) is 9.00. The molecule has 0 fully saturated rings. The lowest BCUT2D eigenvalue weighted by molar-refractivity contribution is 0.257. The molecule has 2 nitrogen and oxygen atoms in total. The topological polar surface area (TPSA) is 35.2 Å². The van der Waals surface area contributed by atoms with Crippen LogP contribution in [0.25, 0.3) is 0 Å². The highest BCUT2D eigenvalue weighted by atomic mass is 35.5. The molecule has 0 unspecified atom stereocenters. The van der Waals surface area contributed by atoms with Gasteiger partial charge in [0.2, 0.25) is 0 Å². The Morgan fingerprint density at radius 2 is 2.07 bits per heavy atom. The summed E-state index contributed by atoms with van der Waals surface area (Å²) in [5.41, 5.74) is 6.19. The van der Waals surface area contributed by atoms with Crippen LogP contribution >= 0.6 is 12.4 Å². The number of hydrogen-bond donors (Lipinski definition) is 1. The van der Waals surface area contributed by atoms with Crippen LogP contribution in [0.2, 0.25) is 0 Å². The van der Waals surface area contributed by atoms with Crippen molar-refractivity contribution in [2.24, 2.45) is 11.7 Å². The predicted octanol–water partition coefficient (Wildman–Crippen LogP) is 2.74. The molecule has 86 valence electrons. The monoisotopic (exact) mass is 233 g/mol. The molecular formula is C11H17ClFNO. The highest BCUT2D eigenvalue weighted by Crippen LogP contribution is 2.22. The normalized spacial score (nSPS) is 9.93. The minimum Gasteiger partial charge on any atom is -0.490 e. The van der Waals surface area contributed by atoms with Gasteiger partial charge in [0.15, 0.2) is 11.6 Å². The molecule has 1 aromatic rings. The summed E-state index contributed by atoms with van der Waals surface area (Å²) in [6.07, 6.45) is 0. The number of halogens is 2. The van der Waals surface area contributed by atoms with Gasteiger partial charge >= 0.3 is 0 Å². The molecule has 0 atom stereocenters. The van der Waals surface area contributed by atoms with E-state index < -0.39 is 0 Å². The van der Waals surface area contributed by atoms with Crippen LogP contribution in [0.4, 0.5) is 4.39 Å². The summed E-state index contributed by atoms with van der Waals surface area (Å²) in [6, 6.07) is 4.80. The second-order valence-electron chi connectivity index (χ2n) is 3.64. The first kappa shape index (κ1) is 14.2. The van der Waals surface area contributed by atoms with Gasteiger partial charge in [-0.15, -0.1) is 12.4 Å². The maximum atomic E-state index is 13.3. The van der Waals surface area contributed by atoms with Crippen molar-refractivity contribution in [3.8, 4) is 5.75 Å². The van der Waals surface area contributed by atoms with Crippen molar-refractivity contribution in [1.29, 1.82) is 0 Å². The molecule has 0 bridgehead atoms. The van der Waals surface area contributed by atoms with Crippen molar-refractivity contribution in [3.05, 3.63) is 29.6 Å². The number of nitrogens with two attached hydrogens (primary N) is 1. The molecule has 2 N–H and O–H groups in total. The van der Waals surface area contributed by atoms with Gasteiger partial charge in [-0.1, -0.05) is 26.0 Å². The highest BCUT2D eigenvalue weighted by Gasteiger charge is 2.08. The molecule has 15 heavy (non-hydrogen) atoms. The van der Waals surface area contributed by atoms with Crippen LogP contribution in [0.1, 0.15) is 19.4 Å². The van der Waals surface area contributed by atoms with E-state index in [-0.39, 0.29) is 18.2 Å². The van der Waals surface area contributed by atoms with Gasteiger partial charge in [-0.05, 0) is 12.0 Å². The van der Waals surface area contributed by atoms with Gasteiger partial charge in [0.05, 0.1) is 6.61 Å². The van der Waals surface area contributed by atoms with E-state index in [9.17, 15) is 4.39 Å². The number of para-hydroxylation sites is 1. The molecule has 0 radical (unpaired) electrons. The Morgan fingerprint density at radius 1 is 1.40 bits per heavy atom. The van der Waals surface area contributed by atoms with Crippen LogP contribution in [-0.2, 0) is 6.54 Å². The van der Waals surface area contributed by atoms with Crippen LogP contribution in [0.15, 0.2) is 18.2 Å². The van der Waals surface area contributed by atoms with Crippen LogP contribution < -0.4 is 10.5 Å². The Balaban J connectivity index is 0.00000196. The first-order chi connectivity index (χ1) is 6.65. The standard InChI is InChI=1S/C11H16FNO.ClH/c1-8(2)7-14-11-9(6-13)4-3-5-10(11)12;/h3-5,8H,6-7,13H2,1-2H3;1H. The molecule has 0 saturated heterocycles. The van der Waals surface area contributed by atoms with Crippen LogP contribution in [-0.4, -0.2) is 6.61 Å². The summed E-state index contributed by atoms with van der Waals surface area (Å²) < 4.78 is 18.7. The minimum absolute atomic E-state index is 0. The quantitative estimate of drug-likeness (QED) is 0.868. The Morgan fingerprint density at radius 3 is 2.60 bits per heavy atom. The van der Waals surface area contributed by atoms with Gasteiger partial charge in [-0.25, -0.2) is 4.39 Å². The lowest BCUT2D eigenvalue weighted by Gasteiger charge is -2.12. The van der Waals surface area contributed by atoms with Crippen molar-refractivity contribution >= 4 is 12.4 Å². The molecule has 4 heteroatoms. The van der Waals surface area contributed by atoms with E-state index in [1.807, 2.05) is 13.8 Å². The maximum Gasteiger partial charge on any atom is 0.165 e. The van der Waals surface area contributed by atoms with Crippen molar-refractivity contribution in [3.63, 3.8) is 0 Å². The number of hydrogen-bond acceptors (Lipinski definition) is 2. The third-order valence-electron chi connectivity index (χ3n) is 1.83. The Hall–Kier alpha value is -0.800. The van der Waals surface area contributed by atoms with E-state index in [0.29, 0.717) is 30.4 Å². The Bertz CT molecular complexity index is 305. The van der Waals surface area contributed by atoms with E-state index in [1.54, 1.807) is 12.1 Å². The number of benzene rings is 1. The summed E-state index contributed by atoms with van der Waals surface area (Å²) >= 11 is 0. The van der Waals surface area contributed by atoms with Crippen LogP contribution in [0, 0.1) is 11.7 Å². The fraction of sp³-hybridized carbons (Fsp3) is 0.455. The third-order valence-corrected chi connectivity index (χ3v) is 1.83. The fourth-order valence-electron chi connectivity index (χ4n) is 1.13.